The first-order chi connectivity index (χ1) is 25.8. The molecule has 0 atom stereocenters. The van der Waals surface area contributed by atoms with Crippen LogP contribution >= 0.6 is 0 Å². The van der Waals surface area contributed by atoms with Crippen LogP contribution in [-0.2, 0) is 0 Å². The molecule has 0 amide bonds. The van der Waals surface area contributed by atoms with Gasteiger partial charge in [-0.1, -0.05) is 156 Å². The topological polar surface area (TPSA) is 39.9 Å². The third-order valence-electron chi connectivity index (χ3n) is 10.2. The molecule has 0 bridgehead atoms. The normalized spacial score (nSPS) is 11.5. The van der Waals surface area contributed by atoms with Crippen molar-refractivity contribution in [3.8, 4) is 56.4 Å². The van der Waals surface area contributed by atoms with Crippen molar-refractivity contribution in [2.75, 3.05) is 0 Å². The van der Waals surface area contributed by atoms with Crippen molar-refractivity contribution < 1.29 is 4.98 Å². The zero-order valence-corrected chi connectivity index (χ0v) is 28.3. The fraction of sp³-hybridized carbons (Fsp3) is 0. The molecule has 10 rings (SSSR count). The van der Waals surface area contributed by atoms with Crippen molar-refractivity contribution in [2.24, 2.45) is 0 Å². The van der Waals surface area contributed by atoms with Crippen LogP contribution in [0.4, 0.5) is 0 Å². The van der Waals surface area contributed by atoms with E-state index >= 15 is 0 Å². The van der Waals surface area contributed by atoms with E-state index in [1.807, 2.05) is 36.4 Å². The van der Waals surface area contributed by atoms with Crippen molar-refractivity contribution in [1.82, 2.24) is 9.97 Å². The standard InChI is InChI=1S/C49H31N3/c1-3-14-34(15-4-1)47-50-48(35-16-5-2-6-17-35)52-49(51-47)36-25-23-33(24-26-36)46-38-18-8-7-13-32(38)27-29-39(46)37-28-30-44-42-21-10-9-19-40(42)41-20-11-12-22-43(41)45(44)31-37/h1-31H/p+1. The average Bonchev–Trinajstić information content (AvgIpc) is 3.24. The number of hydrogen-bond acceptors (Lipinski definition) is 2. The Hall–Kier alpha value is -6.97. The molecule has 52 heavy (non-hydrogen) atoms. The molecular weight excluding hydrogens is 631 g/mol. The van der Waals surface area contributed by atoms with Gasteiger partial charge in [0.05, 0.1) is 16.7 Å². The Bertz CT molecular complexity index is 2840. The van der Waals surface area contributed by atoms with Gasteiger partial charge in [0.2, 0.25) is 0 Å². The molecule has 0 radical (unpaired) electrons. The summed E-state index contributed by atoms with van der Waals surface area (Å²) < 4.78 is 0. The van der Waals surface area contributed by atoms with Gasteiger partial charge in [0.1, 0.15) is 0 Å². The maximum atomic E-state index is 5.03. The number of benzene rings is 9. The molecule has 1 aromatic heterocycles. The van der Waals surface area contributed by atoms with E-state index < -0.39 is 0 Å². The summed E-state index contributed by atoms with van der Waals surface area (Å²) in [6, 6.07) is 66.9. The van der Waals surface area contributed by atoms with Crippen LogP contribution in [-0.4, -0.2) is 9.97 Å². The van der Waals surface area contributed by atoms with E-state index in [1.165, 1.54) is 59.8 Å². The second-order valence-electron chi connectivity index (χ2n) is 13.2. The molecular formula is C49H32N3+. The van der Waals surface area contributed by atoms with Gasteiger partial charge in [-0.25, -0.2) is 4.98 Å². The number of rotatable bonds is 5. The van der Waals surface area contributed by atoms with E-state index in [2.05, 4.69) is 157 Å². The highest BCUT2D eigenvalue weighted by atomic mass is 15.0. The lowest BCUT2D eigenvalue weighted by Gasteiger charge is -2.16. The molecule has 242 valence electrons. The molecule has 0 aliphatic rings. The molecule has 1 heterocycles. The van der Waals surface area contributed by atoms with Gasteiger partial charge in [-0.15, -0.1) is 0 Å². The van der Waals surface area contributed by atoms with Gasteiger partial charge in [0, 0.05) is 0 Å². The number of aromatic amines is 1. The van der Waals surface area contributed by atoms with Crippen molar-refractivity contribution in [1.29, 1.82) is 0 Å². The number of nitrogens with zero attached hydrogens (tertiary/aromatic N) is 2. The van der Waals surface area contributed by atoms with Crippen LogP contribution in [0.5, 0.6) is 0 Å². The number of aromatic nitrogens is 3. The monoisotopic (exact) mass is 662 g/mol. The minimum absolute atomic E-state index is 0.685. The molecule has 3 heteroatoms. The Morgan fingerprint density at radius 3 is 1.40 bits per heavy atom. The zero-order chi connectivity index (χ0) is 34.4. The van der Waals surface area contributed by atoms with Crippen LogP contribution in [0.1, 0.15) is 0 Å². The highest BCUT2D eigenvalue weighted by Crippen LogP contribution is 2.42. The second-order valence-corrected chi connectivity index (χ2v) is 13.2. The Balaban J connectivity index is 1.14. The number of H-pyrrole nitrogens is 1. The smallest absolute Gasteiger partial charge is 0.240 e. The fourth-order valence-corrected chi connectivity index (χ4v) is 7.68. The second kappa shape index (κ2) is 12.4. The Morgan fingerprint density at radius 2 is 0.769 bits per heavy atom. The predicted octanol–water partition coefficient (Wildman–Crippen LogP) is 12.2. The third-order valence-corrected chi connectivity index (χ3v) is 10.2. The van der Waals surface area contributed by atoms with E-state index in [0.717, 1.165) is 33.9 Å². The summed E-state index contributed by atoms with van der Waals surface area (Å²) in [6.07, 6.45) is 0. The van der Waals surface area contributed by atoms with Gasteiger partial charge < -0.3 is 0 Å². The van der Waals surface area contributed by atoms with Crippen LogP contribution in [0.25, 0.3) is 99.5 Å². The van der Waals surface area contributed by atoms with Crippen LogP contribution in [0.3, 0.4) is 0 Å². The van der Waals surface area contributed by atoms with E-state index in [-0.39, 0.29) is 0 Å². The molecule has 3 nitrogen and oxygen atoms in total. The lowest BCUT2D eigenvalue weighted by Crippen LogP contribution is -2.16. The maximum Gasteiger partial charge on any atom is 0.308 e. The average molecular weight is 663 g/mol. The van der Waals surface area contributed by atoms with Crippen molar-refractivity contribution in [3.63, 3.8) is 0 Å². The molecule has 0 aliphatic carbocycles. The van der Waals surface area contributed by atoms with Gasteiger partial charge in [0.15, 0.2) is 0 Å². The molecule has 0 saturated heterocycles. The first kappa shape index (κ1) is 29.9. The van der Waals surface area contributed by atoms with Gasteiger partial charge in [-0.3, -0.25) is 0 Å². The maximum absolute atomic E-state index is 5.03. The summed E-state index contributed by atoms with van der Waals surface area (Å²) in [5, 5.41) is 10.1. The van der Waals surface area contributed by atoms with E-state index in [9.17, 15) is 0 Å². The Kier molecular flexibility index (Phi) is 7.14. The van der Waals surface area contributed by atoms with E-state index in [1.54, 1.807) is 0 Å². The summed E-state index contributed by atoms with van der Waals surface area (Å²) in [6.45, 7) is 0. The molecule has 0 fully saturated rings. The predicted molar refractivity (Wildman–Crippen MR) is 216 cm³/mol. The van der Waals surface area contributed by atoms with Crippen molar-refractivity contribution in [3.05, 3.63) is 188 Å². The van der Waals surface area contributed by atoms with E-state index in [0.29, 0.717) is 5.82 Å². The summed E-state index contributed by atoms with van der Waals surface area (Å²) in [5.41, 5.74) is 7.75. The largest absolute Gasteiger partial charge is 0.308 e. The quantitative estimate of drug-likeness (QED) is 0.172. The Labute approximate surface area is 301 Å². The summed E-state index contributed by atoms with van der Waals surface area (Å²) in [5.74, 6) is 2.23. The number of hydrogen-bond donors (Lipinski definition) is 0. The molecule has 1 N–H and O–H groups in total. The van der Waals surface area contributed by atoms with Crippen LogP contribution in [0.2, 0.25) is 0 Å². The lowest BCUT2D eigenvalue weighted by molar-refractivity contribution is -0.359. The highest BCUT2D eigenvalue weighted by molar-refractivity contribution is 6.26. The number of nitrogens with one attached hydrogen (secondary N) is 1. The van der Waals surface area contributed by atoms with Gasteiger partial charge in [-0.05, 0) is 108 Å². The highest BCUT2D eigenvalue weighted by Gasteiger charge is 2.20. The van der Waals surface area contributed by atoms with Crippen molar-refractivity contribution >= 4 is 43.1 Å². The molecule has 0 saturated carbocycles. The van der Waals surface area contributed by atoms with Crippen LogP contribution in [0.15, 0.2) is 188 Å². The zero-order valence-electron chi connectivity index (χ0n) is 28.3. The summed E-state index contributed by atoms with van der Waals surface area (Å²) >= 11 is 0. The minimum atomic E-state index is 0.685. The number of fused-ring (bicyclic) bond motifs is 7. The first-order valence-corrected chi connectivity index (χ1v) is 17.7. The van der Waals surface area contributed by atoms with Crippen LogP contribution in [0, 0.1) is 0 Å². The van der Waals surface area contributed by atoms with Crippen molar-refractivity contribution in [2.45, 2.75) is 0 Å². The van der Waals surface area contributed by atoms with Gasteiger partial charge in [0.25, 0.3) is 11.6 Å². The lowest BCUT2D eigenvalue weighted by atomic mass is 9.87. The molecule has 10 aromatic rings. The van der Waals surface area contributed by atoms with Gasteiger partial charge in [-0.2, -0.15) is 0 Å². The SMILES string of the molecule is c1ccc(-c2nc(-c3ccccc3)[nH+]c(-c3ccc(-c4c(-c5ccc6c7ccccc7c7ccccc7c6c5)ccc5ccccc45)cc3)n2)cc1. The first-order valence-electron chi connectivity index (χ1n) is 17.7. The van der Waals surface area contributed by atoms with Crippen LogP contribution < -0.4 is 4.98 Å². The molecule has 0 unspecified atom stereocenters. The minimum Gasteiger partial charge on any atom is -0.240 e. The third kappa shape index (κ3) is 5.10. The summed E-state index contributed by atoms with van der Waals surface area (Å²) in [4.78, 5) is 13.5. The van der Waals surface area contributed by atoms with E-state index in [4.69, 9.17) is 9.97 Å². The fourth-order valence-electron chi connectivity index (χ4n) is 7.68. The van der Waals surface area contributed by atoms with Gasteiger partial charge >= 0.3 is 5.82 Å². The molecule has 0 aliphatic heterocycles. The summed E-state index contributed by atoms with van der Waals surface area (Å²) in [7, 11) is 0. The Morgan fingerprint density at radius 1 is 0.308 bits per heavy atom. The molecule has 0 spiro atoms. The molecule has 9 aromatic carbocycles.